The Labute approximate surface area is 96.1 Å². The summed E-state index contributed by atoms with van der Waals surface area (Å²) in [6.45, 7) is 1.98. The van der Waals surface area contributed by atoms with Crippen molar-refractivity contribution in [1.82, 2.24) is 0 Å². The Morgan fingerprint density at radius 1 is 1.47 bits per heavy atom. The van der Waals surface area contributed by atoms with Crippen LogP contribution in [-0.4, -0.2) is 11.1 Å². The van der Waals surface area contributed by atoms with E-state index in [1.54, 1.807) is 6.07 Å². The van der Waals surface area contributed by atoms with Gasteiger partial charge < -0.3 is 5.11 Å². The van der Waals surface area contributed by atoms with Gasteiger partial charge in [0.2, 0.25) is 0 Å². The highest BCUT2D eigenvalue weighted by atomic mass is 35.5. The first-order chi connectivity index (χ1) is 7.08. The second kappa shape index (κ2) is 3.83. The summed E-state index contributed by atoms with van der Waals surface area (Å²) in [7, 11) is 0. The minimum absolute atomic E-state index is 0.0800. The molecule has 0 amide bonds. The SMILES string of the molecule is Cc1sc(CC(=O)O)c2ccc(Cl)cc12. The van der Waals surface area contributed by atoms with Crippen LogP contribution < -0.4 is 0 Å². The Morgan fingerprint density at radius 3 is 2.87 bits per heavy atom. The minimum atomic E-state index is -0.798. The Bertz CT molecular complexity index is 531. The van der Waals surface area contributed by atoms with Crippen LogP contribution in [0, 0.1) is 6.92 Å². The lowest BCUT2D eigenvalue weighted by Gasteiger charge is -1.95. The van der Waals surface area contributed by atoms with Crippen molar-refractivity contribution in [1.29, 1.82) is 0 Å². The van der Waals surface area contributed by atoms with Crippen LogP contribution >= 0.6 is 22.9 Å². The molecular formula is C11H9ClO2S. The smallest absolute Gasteiger partial charge is 0.308 e. The molecule has 1 aromatic heterocycles. The Kier molecular flexibility index (Phi) is 2.67. The number of thiophene rings is 1. The number of benzene rings is 1. The molecule has 0 saturated heterocycles. The number of carbonyl (C=O) groups is 1. The quantitative estimate of drug-likeness (QED) is 0.873. The first-order valence-electron chi connectivity index (χ1n) is 4.47. The molecule has 2 rings (SSSR count). The summed E-state index contributed by atoms with van der Waals surface area (Å²) >= 11 is 7.42. The third kappa shape index (κ3) is 1.98. The van der Waals surface area contributed by atoms with Crippen molar-refractivity contribution in [3.8, 4) is 0 Å². The number of carboxylic acid groups (broad SMARTS) is 1. The molecule has 2 aromatic rings. The van der Waals surface area contributed by atoms with Gasteiger partial charge in [0.25, 0.3) is 0 Å². The van der Waals surface area contributed by atoms with E-state index >= 15 is 0 Å². The molecule has 2 nitrogen and oxygen atoms in total. The molecule has 0 unspecified atom stereocenters. The lowest BCUT2D eigenvalue weighted by molar-refractivity contribution is -0.136. The van der Waals surface area contributed by atoms with Crippen LogP contribution in [0.3, 0.4) is 0 Å². The van der Waals surface area contributed by atoms with Gasteiger partial charge in [0.05, 0.1) is 6.42 Å². The second-order valence-corrected chi connectivity index (χ2v) is 5.09. The number of fused-ring (bicyclic) bond motifs is 1. The highest BCUT2D eigenvalue weighted by molar-refractivity contribution is 7.13. The molecule has 15 heavy (non-hydrogen) atoms. The van der Waals surface area contributed by atoms with Crippen molar-refractivity contribution in [2.45, 2.75) is 13.3 Å². The molecule has 0 aliphatic heterocycles. The van der Waals surface area contributed by atoms with Crippen molar-refractivity contribution in [3.05, 3.63) is 33.0 Å². The van der Waals surface area contributed by atoms with Crippen molar-refractivity contribution in [2.75, 3.05) is 0 Å². The highest BCUT2D eigenvalue weighted by Crippen LogP contribution is 2.32. The van der Waals surface area contributed by atoms with E-state index in [-0.39, 0.29) is 6.42 Å². The minimum Gasteiger partial charge on any atom is -0.481 e. The molecule has 0 saturated carbocycles. The third-order valence-corrected chi connectivity index (χ3v) is 3.62. The summed E-state index contributed by atoms with van der Waals surface area (Å²) in [5.41, 5.74) is 0. The van der Waals surface area contributed by atoms with Crippen molar-refractivity contribution < 1.29 is 9.90 Å². The molecule has 1 N–H and O–H groups in total. The Morgan fingerprint density at radius 2 is 2.20 bits per heavy atom. The van der Waals surface area contributed by atoms with E-state index < -0.39 is 5.97 Å². The summed E-state index contributed by atoms with van der Waals surface area (Å²) < 4.78 is 0. The van der Waals surface area contributed by atoms with E-state index in [4.69, 9.17) is 16.7 Å². The Hall–Kier alpha value is -1.06. The average Bonchev–Trinajstić information content (AvgIpc) is 2.42. The molecule has 1 heterocycles. The summed E-state index contributed by atoms with van der Waals surface area (Å²) in [5.74, 6) is -0.798. The zero-order valence-corrected chi connectivity index (χ0v) is 9.65. The number of hydrogen-bond acceptors (Lipinski definition) is 2. The van der Waals surface area contributed by atoms with Crippen LogP contribution in [0.4, 0.5) is 0 Å². The van der Waals surface area contributed by atoms with Crippen LogP contribution in [0.15, 0.2) is 18.2 Å². The van der Waals surface area contributed by atoms with Crippen LogP contribution in [0.2, 0.25) is 5.02 Å². The molecule has 0 bridgehead atoms. The molecule has 0 aliphatic carbocycles. The van der Waals surface area contributed by atoms with Crippen LogP contribution in [-0.2, 0) is 11.2 Å². The van der Waals surface area contributed by atoms with Crippen LogP contribution in [0.1, 0.15) is 9.75 Å². The monoisotopic (exact) mass is 240 g/mol. The van der Waals surface area contributed by atoms with E-state index in [2.05, 4.69) is 0 Å². The van der Waals surface area contributed by atoms with Gasteiger partial charge in [-0.2, -0.15) is 0 Å². The molecule has 0 fully saturated rings. The number of rotatable bonds is 2. The first kappa shape index (κ1) is 10.5. The van der Waals surface area contributed by atoms with Gasteiger partial charge in [-0.25, -0.2) is 0 Å². The largest absolute Gasteiger partial charge is 0.481 e. The maximum absolute atomic E-state index is 10.7. The number of hydrogen-bond donors (Lipinski definition) is 1. The standard InChI is InChI=1S/C11H9ClO2S/c1-6-9-4-7(12)2-3-8(9)10(15-6)5-11(13)14/h2-4H,5H2,1H3,(H,13,14). The fraction of sp³-hybridized carbons (Fsp3) is 0.182. The van der Waals surface area contributed by atoms with Crippen molar-refractivity contribution in [2.24, 2.45) is 0 Å². The van der Waals surface area contributed by atoms with Gasteiger partial charge in [-0.05, 0) is 29.8 Å². The summed E-state index contributed by atoms with van der Waals surface area (Å²) in [4.78, 5) is 12.7. The topological polar surface area (TPSA) is 37.3 Å². The van der Waals surface area contributed by atoms with Gasteiger partial charge in [0.1, 0.15) is 0 Å². The van der Waals surface area contributed by atoms with E-state index in [1.165, 1.54) is 11.3 Å². The van der Waals surface area contributed by atoms with E-state index in [9.17, 15) is 4.79 Å². The first-order valence-corrected chi connectivity index (χ1v) is 5.66. The molecule has 0 spiro atoms. The van der Waals surface area contributed by atoms with Gasteiger partial charge in [0.15, 0.2) is 0 Å². The maximum atomic E-state index is 10.7. The molecular weight excluding hydrogens is 232 g/mol. The van der Waals surface area contributed by atoms with Gasteiger partial charge >= 0.3 is 5.97 Å². The van der Waals surface area contributed by atoms with Gasteiger partial charge in [-0.3, -0.25) is 4.79 Å². The predicted octanol–water partition coefficient (Wildman–Crippen LogP) is 3.49. The number of aliphatic carboxylic acids is 1. The van der Waals surface area contributed by atoms with E-state index in [0.717, 1.165) is 20.5 Å². The molecule has 4 heteroatoms. The molecule has 0 radical (unpaired) electrons. The van der Waals surface area contributed by atoms with Crippen LogP contribution in [0.25, 0.3) is 10.8 Å². The average molecular weight is 241 g/mol. The number of halogens is 1. The van der Waals surface area contributed by atoms with Crippen molar-refractivity contribution >= 4 is 39.7 Å². The summed E-state index contributed by atoms with van der Waals surface area (Å²) in [6.07, 6.45) is 0.0800. The Balaban J connectivity index is 2.62. The van der Waals surface area contributed by atoms with Gasteiger partial charge in [-0.1, -0.05) is 17.7 Å². The highest BCUT2D eigenvalue weighted by Gasteiger charge is 2.11. The number of aryl methyl sites for hydroxylation is 1. The molecule has 78 valence electrons. The van der Waals surface area contributed by atoms with Crippen molar-refractivity contribution in [3.63, 3.8) is 0 Å². The summed E-state index contributed by atoms with van der Waals surface area (Å²) in [6, 6.07) is 5.56. The lowest BCUT2D eigenvalue weighted by atomic mass is 10.1. The zero-order chi connectivity index (χ0) is 11.0. The van der Waals surface area contributed by atoms with Gasteiger partial charge in [-0.15, -0.1) is 11.3 Å². The number of carboxylic acids is 1. The lowest BCUT2D eigenvalue weighted by Crippen LogP contribution is -1.97. The predicted molar refractivity (Wildman–Crippen MR) is 62.9 cm³/mol. The van der Waals surface area contributed by atoms with Gasteiger partial charge in [0, 0.05) is 14.8 Å². The summed E-state index contributed by atoms with van der Waals surface area (Å²) in [5, 5.41) is 11.5. The molecule has 0 atom stereocenters. The third-order valence-electron chi connectivity index (χ3n) is 2.25. The second-order valence-electron chi connectivity index (χ2n) is 3.34. The van der Waals surface area contributed by atoms with E-state index in [1.807, 2.05) is 19.1 Å². The maximum Gasteiger partial charge on any atom is 0.308 e. The fourth-order valence-electron chi connectivity index (χ4n) is 1.61. The zero-order valence-electron chi connectivity index (χ0n) is 8.08. The molecule has 1 aromatic carbocycles. The van der Waals surface area contributed by atoms with Crippen LogP contribution in [0.5, 0.6) is 0 Å². The fourth-order valence-corrected chi connectivity index (χ4v) is 2.92. The normalized spacial score (nSPS) is 10.8. The molecule has 0 aliphatic rings. The van der Waals surface area contributed by atoms with E-state index in [0.29, 0.717) is 5.02 Å².